The fourth-order valence-corrected chi connectivity index (χ4v) is 2.57. The molecule has 0 aliphatic rings. The summed E-state index contributed by atoms with van der Waals surface area (Å²) in [5.74, 6) is -2.10. The lowest BCUT2D eigenvalue weighted by Gasteiger charge is -2.21. The van der Waals surface area contributed by atoms with Crippen LogP contribution >= 0.6 is 0 Å². The average Bonchev–Trinajstić information content (AvgIpc) is 2.52. The molecule has 6 nitrogen and oxygen atoms in total. The summed E-state index contributed by atoms with van der Waals surface area (Å²) in [6, 6.07) is 0. The van der Waals surface area contributed by atoms with Crippen molar-refractivity contribution >= 4 is 17.8 Å². The molecule has 0 atom stereocenters. The van der Waals surface area contributed by atoms with E-state index in [9.17, 15) is 14.4 Å². The molecule has 1 amide bonds. The molecule has 2 N–H and O–H groups in total. The maximum absolute atomic E-state index is 12.1. The van der Waals surface area contributed by atoms with Gasteiger partial charge in [0.25, 0.3) is 0 Å². The Labute approximate surface area is 145 Å². The Morgan fingerprint density at radius 3 is 1.50 bits per heavy atom. The van der Waals surface area contributed by atoms with Gasteiger partial charge in [0.05, 0.1) is 12.8 Å². The van der Waals surface area contributed by atoms with Crippen molar-refractivity contribution in [3.05, 3.63) is 0 Å². The van der Waals surface area contributed by atoms with Gasteiger partial charge in [-0.1, -0.05) is 58.3 Å². The first-order valence-electron chi connectivity index (χ1n) is 9.18. The Morgan fingerprint density at radius 1 is 0.667 bits per heavy atom. The molecule has 0 saturated heterocycles. The Kier molecular flexibility index (Phi) is 14.0. The van der Waals surface area contributed by atoms with Crippen molar-refractivity contribution in [2.45, 2.75) is 84.0 Å². The highest BCUT2D eigenvalue weighted by atomic mass is 16.4. The molecular formula is C18H33NO5. The maximum Gasteiger partial charge on any atom is 0.305 e. The molecule has 0 unspecified atom stereocenters. The van der Waals surface area contributed by atoms with Crippen molar-refractivity contribution in [2.75, 3.05) is 13.1 Å². The third kappa shape index (κ3) is 14.0. The average molecular weight is 343 g/mol. The van der Waals surface area contributed by atoms with E-state index in [4.69, 9.17) is 10.2 Å². The highest BCUT2D eigenvalue weighted by Crippen LogP contribution is 2.11. The Bertz CT molecular complexity index is 352. The SMILES string of the molecule is CCCCCCCCCCCC(=O)N(CCC(=O)O)CCC(=O)O. The van der Waals surface area contributed by atoms with Crippen LogP contribution in [0.3, 0.4) is 0 Å². The van der Waals surface area contributed by atoms with Gasteiger partial charge in [-0.25, -0.2) is 0 Å². The largest absolute Gasteiger partial charge is 0.481 e. The van der Waals surface area contributed by atoms with Crippen molar-refractivity contribution in [3.8, 4) is 0 Å². The fourth-order valence-electron chi connectivity index (χ4n) is 2.57. The summed E-state index contributed by atoms with van der Waals surface area (Å²) in [5, 5.41) is 17.4. The van der Waals surface area contributed by atoms with E-state index >= 15 is 0 Å². The zero-order valence-electron chi connectivity index (χ0n) is 15.0. The number of nitrogens with zero attached hydrogens (tertiary/aromatic N) is 1. The quantitative estimate of drug-likeness (QED) is 0.417. The van der Waals surface area contributed by atoms with Gasteiger partial charge in [-0.05, 0) is 6.42 Å². The molecule has 0 saturated carbocycles. The van der Waals surface area contributed by atoms with E-state index in [1.807, 2.05) is 0 Å². The molecule has 0 aromatic rings. The summed E-state index contributed by atoms with van der Waals surface area (Å²) in [4.78, 5) is 34.8. The first-order chi connectivity index (χ1) is 11.5. The second kappa shape index (κ2) is 15.0. The number of carboxylic acid groups (broad SMARTS) is 2. The second-order valence-corrected chi connectivity index (χ2v) is 6.25. The number of carboxylic acids is 2. The van der Waals surface area contributed by atoms with E-state index < -0.39 is 11.9 Å². The van der Waals surface area contributed by atoms with E-state index in [2.05, 4.69) is 6.92 Å². The van der Waals surface area contributed by atoms with Crippen molar-refractivity contribution in [1.82, 2.24) is 4.90 Å². The number of rotatable bonds is 16. The van der Waals surface area contributed by atoms with Gasteiger partial charge >= 0.3 is 11.9 Å². The van der Waals surface area contributed by atoms with E-state index in [0.29, 0.717) is 6.42 Å². The predicted molar refractivity (Wildman–Crippen MR) is 92.9 cm³/mol. The van der Waals surface area contributed by atoms with Crippen molar-refractivity contribution in [1.29, 1.82) is 0 Å². The topological polar surface area (TPSA) is 94.9 Å². The Balaban J connectivity index is 3.87. The summed E-state index contributed by atoms with van der Waals surface area (Å²) in [7, 11) is 0. The lowest BCUT2D eigenvalue weighted by atomic mass is 10.1. The number of unbranched alkanes of at least 4 members (excludes halogenated alkanes) is 8. The van der Waals surface area contributed by atoms with Gasteiger partial charge in [-0.2, -0.15) is 0 Å². The van der Waals surface area contributed by atoms with Crippen LogP contribution in [0.1, 0.15) is 84.0 Å². The molecule has 0 aliphatic heterocycles. The highest BCUT2D eigenvalue weighted by molar-refractivity contribution is 5.77. The smallest absolute Gasteiger partial charge is 0.305 e. The van der Waals surface area contributed by atoms with Gasteiger partial charge < -0.3 is 15.1 Å². The molecule has 0 heterocycles. The molecule has 24 heavy (non-hydrogen) atoms. The molecule has 0 bridgehead atoms. The molecular weight excluding hydrogens is 310 g/mol. The standard InChI is InChI=1S/C18H33NO5/c1-2-3-4-5-6-7-8-9-10-11-16(20)19(14-12-17(21)22)15-13-18(23)24/h2-15H2,1H3,(H,21,22)(H,23,24). The summed E-state index contributed by atoms with van der Waals surface area (Å²) in [5.41, 5.74) is 0. The number of hydrogen-bond acceptors (Lipinski definition) is 3. The molecule has 0 aromatic heterocycles. The van der Waals surface area contributed by atoms with E-state index in [-0.39, 0.29) is 31.8 Å². The number of amides is 1. The van der Waals surface area contributed by atoms with Crippen LogP contribution in [0.25, 0.3) is 0 Å². The van der Waals surface area contributed by atoms with E-state index in [1.54, 1.807) is 0 Å². The minimum Gasteiger partial charge on any atom is -0.481 e. The zero-order chi connectivity index (χ0) is 18.2. The number of carbonyl (C=O) groups excluding carboxylic acids is 1. The minimum atomic E-state index is -0.980. The molecule has 0 rings (SSSR count). The third-order valence-electron chi connectivity index (χ3n) is 4.04. The Hall–Kier alpha value is -1.59. The molecule has 0 fully saturated rings. The number of carbonyl (C=O) groups is 3. The normalized spacial score (nSPS) is 10.5. The van der Waals surface area contributed by atoms with Gasteiger partial charge in [0.15, 0.2) is 0 Å². The highest BCUT2D eigenvalue weighted by Gasteiger charge is 2.15. The van der Waals surface area contributed by atoms with Crippen LogP contribution in [0.2, 0.25) is 0 Å². The Morgan fingerprint density at radius 2 is 1.08 bits per heavy atom. The number of hydrogen-bond donors (Lipinski definition) is 2. The third-order valence-corrected chi connectivity index (χ3v) is 4.04. The van der Waals surface area contributed by atoms with Gasteiger partial charge in [0.2, 0.25) is 5.91 Å². The van der Waals surface area contributed by atoms with Gasteiger partial charge in [-0.15, -0.1) is 0 Å². The van der Waals surface area contributed by atoms with Gasteiger partial charge in [-0.3, -0.25) is 14.4 Å². The lowest BCUT2D eigenvalue weighted by Crippen LogP contribution is -2.34. The molecule has 6 heteroatoms. The lowest BCUT2D eigenvalue weighted by molar-refractivity contribution is -0.139. The first-order valence-corrected chi connectivity index (χ1v) is 9.18. The monoisotopic (exact) mass is 343 g/mol. The van der Waals surface area contributed by atoms with E-state index in [0.717, 1.165) is 19.3 Å². The van der Waals surface area contributed by atoms with Crippen LogP contribution in [0.15, 0.2) is 0 Å². The molecule has 0 aliphatic carbocycles. The molecule has 0 radical (unpaired) electrons. The van der Waals surface area contributed by atoms with Crippen molar-refractivity contribution in [3.63, 3.8) is 0 Å². The molecule has 0 spiro atoms. The second-order valence-electron chi connectivity index (χ2n) is 6.25. The van der Waals surface area contributed by atoms with Crippen LogP contribution in [-0.4, -0.2) is 46.0 Å². The minimum absolute atomic E-state index is 0.0822. The zero-order valence-corrected chi connectivity index (χ0v) is 15.0. The van der Waals surface area contributed by atoms with Gasteiger partial charge in [0.1, 0.15) is 0 Å². The van der Waals surface area contributed by atoms with Gasteiger partial charge in [0, 0.05) is 19.5 Å². The summed E-state index contributed by atoms with van der Waals surface area (Å²) < 4.78 is 0. The van der Waals surface area contributed by atoms with Crippen LogP contribution in [-0.2, 0) is 14.4 Å². The summed E-state index contributed by atoms with van der Waals surface area (Å²) in [6.07, 6.45) is 10.5. The van der Waals surface area contributed by atoms with Crippen LogP contribution in [0, 0.1) is 0 Å². The van der Waals surface area contributed by atoms with Crippen molar-refractivity contribution < 1.29 is 24.6 Å². The van der Waals surface area contributed by atoms with Crippen molar-refractivity contribution in [2.24, 2.45) is 0 Å². The predicted octanol–water partition coefficient (Wildman–Crippen LogP) is 3.69. The first kappa shape index (κ1) is 22.4. The van der Waals surface area contributed by atoms with Crippen LogP contribution in [0.5, 0.6) is 0 Å². The molecule has 140 valence electrons. The van der Waals surface area contributed by atoms with Crippen LogP contribution in [0.4, 0.5) is 0 Å². The van der Waals surface area contributed by atoms with Crippen LogP contribution < -0.4 is 0 Å². The summed E-state index contributed by atoms with van der Waals surface area (Å²) >= 11 is 0. The summed E-state index contributed by atoms with van der Waals surface area (Å²) in [6.45, 7) is 2.37. The fraction of sp³-hybridized carbons (Fsp3) is 0.833. The van der Waals surface area contributed by atoms with E-state index in [1.165, 1.54) is 43.4 Å². The number of aliphatic carboxylic acids is 2. The maximum atomic E-state index is 12.1. The molecule has 0 aromatic carbocycles.